The summed E-state index contributed by atoms with van der Waals surface area (Å²) in [5.74, 6) is 3.62. The molecule has 1 fully saturated rings. The Morgan fingerprint density at radius 1 is 1.44 bits per heavy atom. The lowest BCUT2D eigenvalue weighted by Crippen LogP contribution is -2.25. The Morgan fingerprint density at radius 2 is 2.19 bits per heavy atom. The van der Waals surface area contributed by atoms with Gasteiger partial charge in [0.15, 0.2) is 0 Å². The van der Waals surface area contributed by atoms with E-state index in [0.717, 1.165) is 12.5 Å². The van der Waals surface area contributed by atoms with Gasteiger partial charge in [-0.2, -0.15) is 11.8 Å². The minimum atomic E-state index is 0.908. The van der Waals surface area contributed by atoms with Crippen LogP contribution in [0.2, 0.25) is 0 Å². The highest BCUT2D eigenvalue weighted by Gasteiger charge is 2.13. The van der Waals surface area contributed by atoms with Gasteiger partial charge in [-0.15, -0.1) is 11.3 Å². The predicted molar refractivity (Wildman–Crippen MR) is 78.5 cm³/mol. The smallest absolute Gasteiger partial charge is 0.0314 e. The van der Waals surface area contributed by atoms with Crippen LogP contribution in [0.5, 0.6) is 0 Å². The molecule has 1 aromatic rings. The van der Waals surface area contributed by atoms with Gasteiger partial charge in [-0.1, -0.05) is 0 Å². The number of rotatable bonds is 4. The first-order valence-electron chi connectivity index (χ1n) is 5.79. The molecule has 4 heteroatoms. The van der Waals surface area contributed by atoms with Crippen LogP contribution >= 0.6 is 39.0 Å². The van der Waals surface area contributed by atoms with E-state index in [-0.39, 0.29) is 0 Å². The fraction of sp³-hybridized carbons (Fsp3) is 0.667. The molecule has 0 aromatic carbocycles. The van der Waals surface area contributed by atoms with Gasteiger partial charge in [0.25, 0.3) is 0 Å². The third-order valence-corrected chi connectivity index (χ3v) is 6.17. The van der Waals surface area contributed by atoms with Crippen molar-refractivity contribution in [3.8, 4) is 0 Å². The Morgan fingerprint density at radius 3 is 2.81 bits per heavy atom. The van der Waals surface area contributed by atoms with Gasteiger partial charge in [-0.25, -0.2) is 0 Å². The zero-order valence-corrected chi connectivity index (χ0v) is 12.8. The maximum Gasteiger partial charge on any atom is 0.0314 e. The van der Waals surface area contributed by atoms with E-state index < -0.39 is 0 Å². The van der Waals surface area contributed by atoms with E-state index in [1.807, 2.05) is 11.3 Å². The molecule has 1 N–H and O–H groups in total. The number of hydrogen-bond donors (Lipinski definition) is 1. The van der Waals surface area contributed by atoms with E-state index in [0.29, 0.717) is 0 Å². The minimum Gasteiger partial charge on any atom is -0.312 e. The lowest BCUT2D eigenvalue weighted by molar-refractivity contribution is 0.448. The van der Waals surface area contributed by atoms with Crippen LogP contribution in [-0.4, -0.2) is 18.1 Å². The number of halogens is 1. The first kappa shape index (κ1) is 12.9. The second-order valence-corrected chi connectivity index (χ2v) is 7.72. The van der Waals surface area contributed by atoms with Crippen LogP contribution in [0.15, 0.2) is 10.5 Å². The molecule has 1 nitrogen and oxygen atoms in total. The Kier molecular flexibility index (Phi) is 5.20. The second-order valence-electron chi connectivity index (χ2n) is 4.30. The van der Waals surface area contributed by atoms with E-state index in [4.69, 9.17) is 0 Å². The normalized spacial score (nSPS) is 17.9. The Labute approximate surface area is 115 Å². The van der Waals surface area contributed by atoms with E-state index in [1.165, 1.54) is 45.1 Å². The van der Waals surface area contributed by atoms with Gasteiger partial charge < -0.3 is 5.32 Å². The highest BCUT2D eigenvalue weighted by molar-refractivity contribution is 9.10. The lowest BCUT2D eigenvalue weighted by Gasteiger charge is -2.21. The van der Waals surface area contributed by atoms with Crippen molar-refractivity contribution in [2.45, 2.75) is 26.3 Å². The molecule has 0 atom stereocenters. The molecule has 16 heavy (non-hydrogen) atoms. The van der Waals surface area contributed by atoms with Crippen LogP contribution in [0.3, 0.4) is 0 Å². The van der Waals surface area contributed by atoms with Crippen LogP contribution in [0.1, 0.15) is 22.6 Å². The summed E-state index contributed by atoms with van der Waals surface area (Å²) in [5.41, 5.74) is 0. The van der Waals surface area contributed by atoms with Crippen LogP contribution in [-0.2, 0) is 6.54 Å². The molecule has 1 aliphatic rings. The molecular weight excluding hydrogens is 302 g/mol. The highest BCUT2D eigenvalue weighted by Crippen LogP contribution is 2.26. The first-order chi connectivity index (χ1) is 7.75. The Hall–Kier alpha value is 0.490. The summed E-state index contributed by atoms with van der Waals surface area (Å²) in [6, 6.07) is 2.24. The molecule has 1 aromatic heterocycles. The molecule has 0 spiro atoms. The molecule has 0 radical (unpaired) electrons. The monoisotopic (exact) mass is 319 g/mol. The number of aryl methyl sites for hydroxylation is 1. The van der Waals surface area contributed by atoms with Crippen LogP contribution in [0, 0.1) is 12.8 Å². The van der Waals surface area contributed by atoms with Crippen LogP contribution < -0.4 is 5.32 Å². The molecule has 2 rings (SSSR count). The van der Waals surface area contributed by atoms with Gasteiger partial charge >= 0.3 is 0 Å². The van der Waals surface area contributed by atoms with Gasteiger partial charge in [0.05, 0.1) is 0 Å². The predicted octanol–water partition coefficient (Wildman–Crippen LogP) is 4.05. The second kappa shape index (κ2) is 6.43. The number of hydrogen-bond acceptors (Lipinski definition) is 3. The lowest BCUT2D eigenvalue weighted by atomic mass is 10.0. The number of nitrogens with one attached hydrogen (secondary N) is 1. The molecule has 1 saturated heterocycles. The fourth-order valence-corrected chi connectivity index (χ4v) is 4.73. The van der Waals surface area contributed by atoms with E-state index in [2.05, 4.69) is 46.0 Å². The molecule has 0 aliphatic carbocycles. The number of thioether (sulfide) groups is 1. The average molecular weight is 320 g/mol. The molecule has 2 heterocycles. The largest absolute Gasteiger partial charge is 0.312 e. The molecule has 90 valence electrons. The zero-order valence-electron chi connectivity index (χ0n) is 9.59. The van der Waals surface area contributed by atoms with Crippen molar-refractivity contribution in [2.75, 3.05) is 18.1 Å². The SMILES string of the molecule is Cc1sc(CNCC2CCSCC2)cc1Br. The van der Waals surface area contributed by atoms with E-state index in [9.17, 15) is 0 Å². The van der Waals surface area contributed by atoms with Gasteiger partial charge in [-0.05, 0) is 65.7 Å². The summed E-state index contributed by atoms with van der Waals surface area (Å²) in [6.45, 7) is 4.38. The average Bonchev–Trinajstić information content (AvgIpc) is 2.60. The minimum absolute atomic E-state index is 0.908. The topological polar surface area (TPSA) is 12.0 Å². The molecular formula is C12H18BrNS2. The van der Waals surface area contributed by atoms with Gasteiger partial charge in [0, 0.05) is 20.8 Å². The summed E-state index contributed by atoms with van der Waals surface area (Å²) >= 11 is 7.55. The van der Waals surface area contributed by atoms with E-state index >= 15 is 0 Å². The Balaban J connectivity index is 1.71. The van der Waals surface area contributed by atoms with Crippen molar-refractivity contribution in [2.24, 2.45) is 5.92 Å². The molecule has 0 unspecified atom stereocenters. The highest BCUT2D eigenvalue weighted by atomic mass is 79.9. The third kappa shape index (κ3) is 3.76. The van der Waals surface area contributed by atoms with Crippen molar-refractivity contribution in [3.63, 3.8) is 0 Å². The number of thiophene rings is 1. The maximum atomic E-state index is 3.59. The van der Waals surface area contributed by atoms with Crippen molar-refractivity contribution in [1.29, 1.82) is 0 Å². The standard InChI is InChI=1S/C12H18BrNS2/c1-9-12(13)6-11(16-9)8-14-7-10-2-4-15-5-3-10/h6,10,14H,2-5,7-8H2,1H3. The van der Waals surface area contributed by atoms with Crippen molar-refractivity contribution in [1.82, 2.24) is 5.32 Å². The van der Waals surface area contributed by atoms with E-state index in [1.54, 1.807) is 0 Å². The molecule has 0 saturated carbocycles. The van der Waals surface area contributed by atoms with Crippen molar-refractivity contribution in [3.05, 3.63) is 20.3 Å². The van der Waals surface area contributed by atoms with Gasteiger partial charge in [0.1, 0.15) is 0 Å². The molecule has 0 bridgehead atoms. The van der Waals surface area contributed by atoms with Crippen LogP contribution in [0.4, 0.5) is 0 Å². The quantitative estimate of drug-likeness (QED) is 0.898. The van der Waals surface area contributed by atoms with Crippen LogP contribution in [0.25, 0.3) is 0 Å². The molecule has 0 amide bonds. The van der Waals surface area contributed by atoms with Crippen molar-refractivity contribution >= 4 is 39.0 Å². The molecule has 1 aliphatic heterocycles. The van der Waals surface area contributed by atoms with Gasteiger partial charge in [-0.3, -0.25) is 0 Å². The summed E-state index contributed by atoms with van der Waals surface area (Å²) in [5, 5.41) is 3.59. The Bertz CT molecular complexity index is 312. The zero-order chi connectivity index (χ0) is 11.4. The summed E-state index contributed by atoms with van der Waals surface area (Å²) < 4.78 is 1.25. The van der Waals surface area contributed by atoms with Gasteiger partial charge in [0.2, 0.25) is 0 Å². The summed E-state index contributed by atoms with van der Waals surface area (Å²) in [6.07, 6.45) is 2.79. The third-order valence-electron chi connectivity index (χ3n) is 2.98. The van der Waals surface area contributed by atoms with Crippen molar-refractivity contribution < 1.29 is 0 Å². The maximum absolute atomic E-state index is 3.59. The first-order valence-corrected chi connectivity index (χ1v) is 8.55. The fourth-order valence-electron chi connectivity index (χ4n) is 1.95. The summed E-state index contributed by atoms with van der Waals surface area (Å²) in [4.78, 5) is 2.82. The summed E-state index contributed by atoms with van der Waals surface area (Å²) in [7, 11) is 0.